The van der Waals surface area contributed by atoms with Crippen molar-refractivity contribution < 1.29 is 4.79 Å². The summed E-state index contributed by atoms with van der Waals surface area (Å²) in [6, 6.07) is 10.8. The normalized spacial score (nSPS) is 27.0. The summed E-state index contributed by atoms with van der Waals surface area (Å²) in [7, 11) is 0. The van der Waals surface area contributed by atoms with Crippen LogP contribution in [-0.2, 0) is 0 Å². The van der Waals surface area contributed by atoms with Crippen LogP contribution in [0, 0.1) is 5.92 Å². The van der Waals surface area contributed by atoms with Crippen molar-refractivity contribution in [2.24, 2.45) is 5.92 Å². The van der Waals surface area contributed by atoms with Gasteiger partial charge in [0.25, 0.3) is 5.91 Å². The molecule has 2 fully saturated rings. The molecule has 21 heavy (non-hydrogen) atoms. The molecule has 2 N–H and O–H groups in total. The second-order valence-corrected chi connectivity index (χ2v) is 6.86. The van der Waals surface area contributed by atoms with Gasteiger partial charge in [-0.3, -0.25) is 4.79 Å². The van der Waals surface area contributed by atoms with E-state index in [1.807, 2.05) is 30.3 Å². The lowest BCUT2D eigenvalue weighted by Gasteiger charge is -2.23. The van der Waals surface area contributed by atoms with E-state index in [4.69, 9.17) is 0 Å². The van der Waals surface area contributed by atoms with E-state index in [0.717, 1.165) is 29.3 Å². The number of thiazole rings is 1. The molecule has 1 aliphatic heterocycles. The van der Waals surface area contributed by atoms with Crippen LogP contribution in [0.2, 0.25) is 0 Å². The van der Waals surface area contributed by atoms with Crippen LogP contribution in [0.15, 0.2) is 36.5 Å². The number of hydrogen-bond acceptors (Lipinski definition) is 4. The van der Waals surface area contributed by atoms with Gasteiger partial charge in [0.1, 0.15) is 0 Å². The number of hydrogen-bond donors (Lipinski definition) is 2. The van der Waals surface area contributed by atoms with Gasteiger partial charge in [0, 0.05) is 18.3 Å². The van der Waals surface area contributed by atoms with Crippen molar-refractivity contribution in [2.45, 2.75) is 24.9 Å². The number of piperidine rings is 1. The smallest absolute Gasteiger partial charge is 0.280 e. The first kappa shape index (κ1) is 13.0. The van der Waals surface area contributed by atoms with Crippen LogP contribution >= 0.6 is 11.3 Å². The van der Waals surface area contributed by atoms with E-state index < -0.39 is 0 Å². The zero-order valence-corrected chi connectivity index (χ0v) is 12.4. The Kier molecular flexibility index (Phi) is 3.24. The SMILES string of the molecule is O=C(NC1CC2CNC1C2)c1ncc(-c2ccccc2)s1. The van der Waals surface area contributed by atoms with Crippen molar-refractivity contribution in [1.29, 1.82) is 0 Å². The zero-order valence-electron chi connectivity index (χ0n) is 11.6. The largest absolute Gasteiger partial charge is 0.346 e. The molecule has 1 aromatic carbocycles. The van der Waals surface area contributed by atoms with E-state index in [1.54, 1.807) is 6.20 Å². The Balaban J connectivity index is 1.47. The van der Waals surface area contributed by atoms with Gasteiger partial charge in [-0.25, -0.2) is 4.98 Å². The van der Waals surface area contributed by atoms with Crippen LogP contribution in [0.25, 0.3) is 10.4 Å². The Labute approximate surface area is 127 Å². The summed E-state index contributed by atoms with van der Waals surface area (Å²) in [6.07, 6.45) is 4.08. The van der Waals surface area contributed by atoms with Crippen LogP contribution < -0.4 is 10.6 Å². The van der Waals surface area contributed by atoms with Crippen molar-refractivity contribution in [3.8, 4) is 10.4 Å². The monoisotopic (exact) mass is 299 g/mol. The standard InChI is InChI=1S/C16H17N3OS/c20-15(19-13-7-10-6-12(13)17-8-10)16-18-9-14(21-16)11-4-2-1-3-5-11/h1-5,9-10,12-13,17H,6-8H2,(H,19,20). The van der Waals surface area contributed by atoms with Gasteiger partial charge in [-0.05, 0) is 30.9 Å². The molecule has 2 aliphatic rings. The number of nitrogens with zero attached hydrogens (tertiary/aromatic N) is 1. The second-order valence-electron chi connectivity index (χ2n) is 5.83. The third kappa shape index (κ3) is 2.47. The highest BCUT2D eigenvalue weighted by atomic mass is 32.1. The molecule has 4 nitrogen and oxygen atoms in total. The molecule has 2 aromatic rings. The van der Waals surface area contributed by atoms with Gasteiger partial charge in [0.2, 0.25) is 0 Å². The first-order chi connectivity index (χ1) is 10.3. The quantitative estimate of drug-likeness (QED) is 0.914. The number of aromatic nitrogens is 1. The van der Waals surface area contributed by atoms with E-state index in [-0.39, 0.29) is 11.9 Å². The van der Waals surface area contributed by atoms with Gasteiger partial charge in [0.15, 0.2) is 5.01 Å². The molecule has 2 bridgehead atoms. The van der Waals surface area contributed by atoms with E-state index in [0.29, 0.717) is 11.0 Å². The van der Waals surface area contributed by atoms with Crippen molar-refractivity contribution >= 4 is 17.2 Å². The highest BCUT2D eigenvalue weighted by Crippen LogP contribution is 2.31. The number of fused-ring (bicyclic) bond motifs is 2. The molecule has 3 unspecified atom stereocenters. The summed E-state index contributed by atoms with van der Waals surface area (Å²) in [6.45, 7) is 1.10. The number of amides is 1. The Morgan fingerprint density at radius 3 is 2.86 bits per heavy atom. The lowest BCUT2D eigenvalue weighted by molar-refractivity contribution is 0.0928. The number of nitrogens with one attached hydrogen (secondary N) is 2. The van der Waals surface area contributed by atoms with Crippen LogP contribution in [0.1, 0.15) is 22.6 Å². The van der Waals surface area contributed by atoms with Crippen LogP contribution in [-0.4, -0.2) is 29.5 Å². The van der Waals surface area contributed by atoms with Crippen molar-refractivity contribution in [2.75, 3.05) is 6.54 Å². The van der Waals surface area contributed by atoms with E-state index in [2.05, 4.69) is 15.6 Å². The molecule has 3 atom stereocenters. The average Bonchev–Trinajstić information content (AvgIpc) is 3.24. The maximum atomic E-state index is 12.3. The third-order valence-corrected chi connectivity index (χ3v) is 5.45. The van der Waals surface area contributed by atoms with Crippen molar-refractivity contribution in [1.82, 2.24) is 15.6 Å². The molecule has 108 valence electrons. The fourth-order valence-electron chi connectivity index (χ4n) is 3.36. The van der Waals surface area contributed by atoms with Gasteiger partial charge >= 0.3 is 0 Å². The minimum Gasteiger partial charge on any atom is -0.346 e. The number of rotatable bonds is 3. The van der Waals surface area contributed by atoms with Crippen LogP contribution in [0.4, 0.5) is 0 Å². The van der Waals surface area contributed by atoms with Crippen LogP contribution in [0.3, 0.4) is 0 Å². The number of carbonyl (C=O) groups is 1. The summed E-state index contributed by atoms with van der Waals surface area (Å²) < 4.78 is 0. The Hall–Kier alpha value is -1.72. The van der Waals surface area contributed by atoms with Gasteiger partial charge in [0.05, 0.1) is 4.88 Å². The predicted octanol–water partition coefficient (Wildman–Crippen LogP) is 2.29. The Morgan fingerprint density at radius 2 is 2.14 bits per heavy atom. The maximum absolute atomic E-state index is 12.3. The van der Waals surface area contributed by atoms with Crippen molar-refractivity contribution in [3.63, 3.8) is 0 Å². The van der Waals surface area contributed by atoms with Gasteiger partial charge < -0.3 is 10.6 Å². The Bertz CT molecular complexity index is 655. The molecule has 1 aromatic heterocycles. The molecule has 2 heterocycles. The maximum Gasteiger partial charge on any atom is 0.280 e. The molecule has 1 aliphatic carbocycles. The van der Waals surface area contributed by atoms with Crippen LogP contribution in [0.5, 0.6) is 0 Å². The highest BCUT2D eigenvalue weighted by Gasteiger charge is 2.40. The lowest BCUT2D eigenvalue weighted by atomic mass is 10.1. The molecular formula is C16H17N3OS. The zero-order chi connectivity index (χ0) is 14.2. The number of carbonyl (C=O) groups excluding carboxylic acids is 1. The van der Waals surface area contributed by atoms with E-state index in [1.165, 1.54) is 17.8 Å². The summed E-state index contributed by atoms with van der Waals surface area (Å²) in [5.74, 6) is 0.693. The fourth-order valence-corrected chi connectivity index (χ4v) is 4.18. The van der Waals surface area contributed by atoms with E-state index in [9.17, 15) is 4.79 Å². The minimum atomic E-state index is -0.0402. The van der Waals surface area contributed by atoms with Gasteiger partial charge in [-0.15, -0.1) is 11.3 Å². The van der Waals surface area contributed by atoms with E-state index >= 15 is 0 Å². The second kappa shape index (κ2) is 5.24. The molecule has 5 heteroatoms. The molecule has 0 radical (unpaired) electrons. The summed E-state index contributed by atoms with van der Waals surface area (Å²) >= 11 is 1.45. The van der Waals surface area contributed by atoms with Gasteiger partial charge in [-0.1, -0.05) is 30.3 Å². The molecule has 1 saturated heterocycles. The third-order valence-electron chi connectivity index (χ3n) is 4.40. The summed E-state index contributed by atoms with van der Waals surface area (Å²) in [5, 5.41) is 7.15. The average molecular weight is 299 g/mol. The number of benzene rings is 1. The Morgan fingerprint density at radius 1 is 1.29 bits per heavy atom. The predicted molar refractivity (Wildman–Crippen MR) is 83.3 cm³/mol. The van der Waals surface area contributed by atoms with Crippen molar-refractivity contribution in [3.05, 3.63) is 41.5 Å². The minimum absolute atomic E-state index is 0.0402. The highest BCUT2D eigenvalue weighted by molar-refractivity contribution is 7.16. The molecule has 1 amide bonds. The van der Waals surface area contributed by atoms with Gasteiger partial charge in [-0.2, -0.15) is 0 Å². The molecule has 4 rings (SSSR count). The summed E-state index contributed by atoms with van der Waals surface area (Å²) in [4.78, 5) is 17.6. The topological polar surface area (TPSA) is 54.0 Å². The first-order valence-corrected chi connectivity index (χ1v) is 8.17. The molecule has 1 saturated carbocycles. The molecule has 0 spiro atoms. The first-order valence-electron chi connectivity index (χ1n) is 7.35. The fraction of sp³-hybridized carbons (Fsp3) is 0.375. The summed E-state index contributed by atoms with van der Waals surface area (Å²) in [5.41, 5.74) is 1.11. The lowest BCUT2D eigenvalue weighted by Crippen LogP contribution is -2.47. The molecular weight excluding hydrogens is 282 g/mol.